The highest BCUT2D eigenvalue weighted by atomic mass is 32.2. The van der Waals surface area contributed by atoms with Gasteiger partial charge in [-0.3, -0.25) is 13.8 Å². The highest BCUT2D eigenvalue weighted by Gasteiger charge is 2.38. The molecule has 2 atom stereocenters. The number of nitrogens with one attached hydrogen (secondary N) is 1. The van der Waals surface area contributed by atoms with Crippen molar-refractivity contribution in [3.05, 3.63) is 0 Å². The quantitative estimate of drug-likeness (QED) is 0.573. The SMILES string of the molecule is CCOC(=O)C(C(=O)NCCS(C)=O)C(C)(C)C. The van der Waals surface area contributed by atoms with Gasteiger partial charge in [0, 0.05) is 29.4 Å². The fourth-order valence-corrected chi connectivity index (χ4v) is 1.89. The molecule has 0 aliphatic rings. The summed E-state index contributed by atoms with van der Waals surface area (Å²) in [6.07, 6.45) is 1.57. The van der Waals surface area contributed by atoms with Gasteiger partial charge in [-0.1, -0.05) is 20.8 Å². The van der Waals surface area contributed by atoms with E-state index in [1.54, 1.807) is 13.2 Å². The third kappa shape index (κ3) is 6.14. The Morgan fingerprint density at radius 1 is 1.33 bits per heavy atom. The summed E-state index contributed by atoms with van der Waals surface area (Å²) in [7, 11) is -0.961. The van der Waals surface area contributed by atoms with Crippen LogP contribution in [-0.4, -0.2) is 41.2 Å². The molecule has 0 aromatic carbocycles. The minimum Gasteiger partial charge on any atom is -0.465 e. The maximum Gasteiger partial charge on any atom is 0.319 e. The van der Waals surface area contributed by atoms with Gasteiger partial charge in [0.2, 0.25) is 5.91 Å². The molecule has 0 rings (SSSR count). The van der Waals surface area contributed by atoms with Crippen molar-refractivity contribution in [3.8, 4) is 0 Å². The summed E-state index contributed by atoms with van der Waals surface area (Å²) >= 11 is 0. The molecule has 0 bridgehead atoms. The molecule has 0 aliphatic heterocycles. The zero-order chi connectivity index (χ0) is 14.3. The lowest BCUT2D eigenvalue weighted by atomic mass is 9.80. The molecule has 1 N–H and O–H groups in total. The van der Waals surface area contributed by atoms with Gasteiger partial charge in [-0.2, -0.15) is 0 Å². The van der Waals surface area contributed by atoms with Crippen molar-refractivity contribution in [2.24, 2.45) is 11.3 Å². The summed E-state index contributed by atoms with van der Waals surface area (Å²) in [5, 5.41) is 2.63. The summed E-state index contributed by atoms with van der Waals surface area (Å²) in [4.78, 5) is 23.8. The number of hydrogen-bond acceptors (Lipinski definition) is 4. The Bertz CT molecular complexity index is 323. The first kappa shape index (κ1) is 17.1. The molecule has 5 nitrogen and oxygen atoms in total. The first-order valence-corrected chi connectivity index (χ1v) is 7.67. The molecule has 0 fully saturated rings. The minimum absolute atomic E-state index is 0.248. The molecule has 18 heavy (non-hydrogen) atoms. The Balaban J connectivity index is 4.62. The monoisotopic (exact) mass is 277 g/mol. The van der Waals surface area contributed by atoms with Gasteiger partial charge in [0.25, 0.3) is 0 Å². The van der Waals surface area contributed by atoms with Gasteiger partial charge in [-0.05, 0) is 12.3 Å². The van der Waals surface area contributed by atoms with E-state index in [0.717, 1.165) is 0 Å². The van der Waals surface area contributed by atoms with Gasteiger partial charge in [-0.15, -0.1) is 0 Å². The van der Waals surface area contributed by atoms with Crippen LogP contribution in [0.2, 0.25) is 0 Å². The van der Waals surface area contributed by atoms with Crippen molar-refractivity contribution in [1.82, 2.24) is 5.32 Å². The normalized spacial score (nSPS) is 14.7. The van der Waals surface area contributed by atoms with Gasteiger partial charge < -0.3 is 10.1 Å². The van der Waals surface area contributed by atoms with Crippen LogP contribution in [0.1, 0.15) is 27.7 Å². The van der Waals surface area contributed by atoms with E-state index < -0.39 is 28.1 Å². The molecule has 6 heteroatoms. The first-order valence-electron chi connectivity index (χ1n) is 5.94. The summed E-state index contributed by atoms with van der Waals surface area (Å²) in [5.41, 5.74) is -0.512. The number of rotatable bonds is 6. The Labute approximate surface area is 111 Å². The number of ether oxygens (including phenoxy) is 1. The van der Waals surface area contributed by atoms with E-state index in [-0.39, 0.29) is 12.5 Å². The fraction of sp³-hybridized carbons (Fsp3) is 0.833. The second-order valence-corrected chi connectivity index (χ2v) is 6.67. The summed E-state index contributed by atoms with van der Waals surface area (Å²) in [5.74, 6) is -1.35. The van der Waals surface area contributed by atoms with Crippen molar-refractivity contribution >= 4 is 22.7 Å². The van der Waals surface area contributed by atoms with Crippen LogP contribution in [0.5, 0.6) is 0 Å². The molecule has 0 spiro atoms. The van der Waals surface area contributed by atoms with Crippen LogP contribution < -0.4 is 5.32 Å². The van der Waals surface area contributed by atoms with Gasteiger partial charge >= 0.3 is 5.97 Å². The molecule has 0 aliphatic carbocycles. The summed E-state index contributed by atoms with van der Waals surface area (Å²) < 4.78 is 15.8. The third-order valence-corrected chi connectivity index (χ3v) is 3.12. The molecular formula is C12H23NO4S. The number of hydrogen-bond donors (Lipinski definition) is 1. The van der Waals surface area contributed by atoms with Crippen LogP contribution in [0, 0.1) is 11.3 Å². The molecule has 0 heterocycles. The maximum atomic E-state index is 12.0. The standard InChI is InChI=1S/C12H23NO4S/c1-6-17-11(15)9(12(2,3)4)10(14)13-7-8-18(5)16/h9H,6-8H2,1-5H3,(H,13,14). The van der Waals surface area contributed by atoms with Gasteiger partial charge in [-0.25, -0.2) is 0 Å². The van der Waals surface area contributed by atoms with Crippen LogP contribution in [0.15, 0.2) is 0 Å². The fourth-order valence-electron chi connectivity index (χ4n) is 1.50. The summed E-state index contributed by atoms with van der Waals surface area (Å²) in [6.45, 7) is 7.69. The zero-order valence-corrected chi connectivity index (χ0v) is 12.6. The predicted molar refractivity (Wildman–Crippen MR) is 71.5 cm³/mol. The molecule has 0 saturated heterocycles. The van der Waals surface area contributed by atoms with Gasteiger partial charge in [0.1, 0.15) is 5.92 Å². The number of esters is 1. The van der Waals surface area contributed by atoms with Gasteiger partial charge in [0.05, 0.1) is 6.61 Å². The Morgan fingerprint density at radius 3 is 2.28 bits per heavy atom. The van der Waals surface area contributed by atoms with Crippen LogP contribution in [0.3, 0.4) is 0 Å². The average molecular weight is 277 g/mol. The third-order valence-electron chi connectivity index (χ3n) is 2.34. The van der Waals surface area contributed by atoms with Crippen molar-refractivity contribution in [2.75, 3.05) is 25.2 Å². The summed E-state index contributed by atoms with van der Waals surface area (Å²) in [6, 6.07) is 0. The molecule has 0 saturated carbocycles. The molecule has 0 radical (unpaired) electrons. The van der Waals surface area contributed by atoms with Crippen LogP contribution in [-0.2, 0) is 25.1 Å². The molecule has 0 aromatic heterocycles. The van der Waals surface area contributed by atoms with E-state index in [9.17, 15) is 13.8 Å². The van der Waals surface area contributed by atoms with E-state index in [4.69, 9.17) is 4.74 Å². The molecule has 0 aromatic rings. The lowest BCUT2D eigenvalue weighted by Crippen LogP contribution is -2.44. The van der Waals surface area contributed by atoms with Crippen LogP contribution >= 0.6 is 0 Å². The van der Waals surface area contributed by atoms with E-state index in [1.165, 1.54) is 0 Å². The highest BCUT2D eigenvalue weighted by Crippen LogP contribution is 2.27. The molecule has 2 unspecified atom stereocenters. The van der Waals surface area contributed by atoms with Crippen molar-refractivity contribution in [3.63, 3.8) is 0 Å². The van der Waals surface area contributed by atoms with E-state index in [2.05, 4.69) is 5.32 Å². The van der Waals surface area contributed by atoms with Crippen LogP contribution in [0.25, 0.3) is 0 Å². The smallest absolute Gasteiger partial charge is 0.319 e. The second-order valence-electron chi connectivity index (χ2n) is 5.12. The van der Waals surface area contributed by atoms with Crippen molar-refractivity contribution < 1.29 is 18.5 Å². The van der Waals surface area contributed by atoms with Gasteiger partial charge in [0.15, 0.2) is 0 Å². The number of carbonyl (C=O) groups is 2. The first-order chi connectivity index (χ1) is 8.20. The predicted octanol–water partition coefficient (Wildman–Crippen LogP) is 0.706. The van der Waals surface area contributed by atoms with Crippen LogP contribution in [0.4, 0.5) is 0 Å². The Hall–Kier alpha value is -0.910. The van der Waals surface area contributed by atoms with Crippen molar-refractivity contribution in [2.45, 2.75) is 27.7 Å². The van der Waals surface area contributed by atoms with Crippen molar-refractivity contribution in [1.29, 1.82) is 0 Å². The lowest BCUT2D eigenvalue weighted by Gasteiger charge is -2.27. The lowest BCUT2D eigenvalue weighted by molar-refractivity contribution is -0.156. The maximum absolute atomic E-state index is 12.0. The topological polar surface area (TPSA) is 72.5 Å². The molecule has 106 valence electrons. The Morgan fingerprint density at radius 2 is 1.89 bits per heavy atom. The zero-order valence-electron chi connectivity index (χ0n) is 11.7. The van der Waals surface area contributed by atoms with E-state index in [0.29, 0.717) is 12.3 Å². The van der Waals surface area contributed by atoms with E-state index >= 15 is 0 Å². The van der Waals surface area contributed by atoms with E-state index in [1.807, 2.05) is 20.8 Å². The Kier molecular flexibility index (Phi) is 7.13. The average Bonchev–Trinajstić information content (AvgIpc) is 2.14. The molecular weight excluding hydrogens is 254 g/mol. The highest BCUT2D eigenvalue weighted by molar-refractivity contribution is 7.84. The molecule has 1 amide bonds. The minimum atomic E-state index is -0.961. The second kappa shape index (κ2) is 7.51. The largest absolute Gasteiger partial charge is 0.465 e. The number of carbonyl (C=O) groups excluding carboxylic acids is 2. The number of amides is 1.